The van der Waals surface area contributed by atoms with Crippen LogP contribution in [0.4, 0.5) is 0 Å². The first-order valence-corrected chi connectivity index (χ1v) is 8.25. The van der Waals surface area contributed by atoms with Crippen LogP contribution in [0.3, 0.4) is 0 Å². The van der Waals surface area contributed by atoms with Gasteiger partial charge in [-0.2, -0.15) is 0 Å². The Kier molecular flexibility index (Phi) is 1.75. The first-order valence-electron chi connectivity index (χ1n) is 7.46. The molecule has 0 radical (unpaired) electrons. The molecule has 0 aromatic rings. The van der Waals surface area contributed by atoms with Crippen molar-refractivity contribution in [1.82, 2.24) is 0 Å². The molecule has 6 aliphatic rings. The molecule has 108 valence electrons. The van der Waals surface area contributed by atoms with Gasteiger partial charge in [-0.1, -0.05) is 15.9 Å². The number of rotatable bonds is 0. The fraction of sp³-hybridized carbons (Fsp3) is 0.929. The number of ketones is 1. The summed E-state index contributed by atoms with van der Waals surface area (Å²) < 4.78 is 23.7. The van der Waals surface area contributed by atoms with E-state index in [1.807, 2.05) is 0 Å². The lowest BCUT2D eigenvalue weighted by Crippen LogP contribution is -2.64. The average Bonchev–Trinajstić information content (AvgIpc) is 3.20. The molecule has 0 amide bonds. The van der Waals surface area contributed by atoms with Gasteiger partial charge in [0.05, 0.1) is 30.8 Å². The van der Waals surface area contributed by atoms with Gasteiger partial charge in [-0.05, 0) is 18.3 Å². The summed E-state index contributed by atoms with van der Waals surface area (Å²) in [5.41, 5.74) is 0. The third-order valence-electron chi connectivity index (χ3n) is 6.71. The van der Waals surface area contributed by atoms with Gasteiger partial charge in [0.2, 0.25) is 5.79 Å². The SMILES string of the molecule is O=C1[C@H]2[C@H]3[C@H]([C@@H]4C[C@@H]2[C@]3(Br)C42OCCO2)C12OCCO2. The number of Topliss-reactive ketones (excluding diaryl/α,β-unsaturated/α-hetero) is 1. The highest BCUT2D eigenvalue weighted by atomic mass is 79.9. The van der Waals surface area contributed by atoms with Gasteiger partial charge >= 0.3 is 0 Å². The molecule has 2 saturated heterocycles. The van der Waals surface area contributed by atoms with Crippen molar-refractivity contribution in [2.75, 3.05) is 26.4 Å². The van der Waals surface area contributed by atoms with Crippen LogP contribution in [0.5, 0.6) is 0 Å². The quantitative estimate of drug-likeness (QED) is 0.606. The number of carbonyl (C=O) groups is 1. The van der Waals surface area contributed by atoms with Crippen LogP contribution < -0.4 is 0 Å². The number of hydrogen-bond donors (Lipinski definition) is 0. The van der Waals surface area contributed by atoms with Crippen molar-refractivity contribution in [2.24, 2.45) is 29.6 Å². The molecule has 6 fully saturated rings. The lowest BCUT2D eigenvalue weighted by molar-refractivity contribution is -0.224. The molecule has 0 aromatic heterocycles. The standard InChI is InChI=1S/C14H15BrO5/c15-12-6-5-7(14(12)19-3-4-20-14)9-10(12)8(6)11(16)13(9)17-1-2-18-13/h6-10H,1-5H2/t6-,7-,8+,9-,10-,12+/m0/s1. The Morgan fingerprint density at radius 1 is 0.950 bits per heavy atom. The Morgan fingerprint density at radius 2 is 1.60 bits per heavy atom. The molecule has 20 heavy (non-hydrogen) atoms. The van der Waals surface area contributed by atoms with Crippen molar-refractivity contribution in [3.63, 3.8) is 0 Å². The number of halogens is 1. The summed E-state index contributed by atoms with van der Waals surface area (Å²) >= 11 is 3.95. The molecule has 4 saturated carbocycles. The highest BCUT2D eigenvalue weighted by Crippen LogP contribution is 2.85. The Morgan fingerprint density at radius 3 is 2.30 bits per heavy atom. The molecule has 5 nitrogen and oxygen atoms in total. The first-order chi connectivity index (χ1) is 9.67. The monoisotopic (exact) mass is 342 g/mol. The second-order valence-electron chi connectivity index (χ2n) is 6.89. The van der Waals surface area contributed by atoms with Crippen LogP contribution in [0.2, 0.25) is 0 Å². The molecule has 6 heteroatoms. The Bertz CT molecular complexity index is 538. The number of hydrogen-bond acceptors (Lipinski definition) is 5. The highest BCUT2D eigenvalue weighted by Gasteiger charge is 2.94. The van der Waals surface area contributed by atoms with Gasteiger partial charge in [0.1, 0.15) is 0 Å². The third kappa shape index (κ3) is 0.792. The molecule has 2 spiro atoms. The van der Waals surface area contributed by atoms with Crippen molar-refractivity contribution in [3.8, 4) is 0 Å². The van der Waals surface area contributed by atoms with Crippen molar-refractivity contribution in [1.29, 1.82) is 0 Å². The zero-order valence-electron chi connectivity index (χ0n) is 10.8. The Hall–Kier alpha value is -0.0100. The van der Waals surface area contributed by atoms with Crippen LogP contribution in [0.15, 0.2) is 0 Å². The summed E-state index contributed by atoms with van der Waals surface area (Å²) in [7, 11) is 0. The van der Waals surface area contributed by atoms with E-state index in [0.29, 0.717) is 32.3 Å². The smallest absolute Gasteiger partial charge is 0.233 e. The van der Waals surface area contributed by atoms with Gasteiger partial charge in [0.15, 0.2) is 11.6 Å². The van der Waals surface area contributed by atoms with E-state index in [2.05, 4.69) is 15.9 Å². The normalized spacial score (nSPS) is 59.0. The molecule has 0 N–H and O–H groups in total. The van der Waals surface area contributed by atoms with Crippen LogP contribution in [0, 0.1) is 29.6 Å². The van der Waals surface area contributed by atoms with E-state index in [4.69, 9.17) is 18.9 Å². The van der Waals surface area contributed by atoms with Crippen LogP contribution in [0.1, 0.15) is 6.42 Å². The first kappa shape index (κ1) is 11.5. The topological polar surface area (TPSA) is 54.0 Å². The van der Waals surface area contributed by atoms with Gasteiger partial charge in [-0.25, -0.2) is 0 Å². The molecule has 0 aromatic carbocycles. The minimum Gasteiger partial charge on any atom is -0.346 e. The maximum atomic E-state index is 12.8. The lowest BCUT2D eigenvalue weighted by atomic mass is 9.55. The van der Waals surface area contributed by atoms with Gasteiger partial charge in [0.25, 0.3) is 0 Å². The second-order valence-corrected chi connectivity index (χ2v) is 8.20. The predicted octanol–water partition coefficient (Wildman–Crippen LogP) is 0.701. The van der Waals surface area contributed by atoms with E-state index in [1.165, 1.54) is 0 Å². The van der Waals surface area contributed by atoms with Crippen LogP contribution in [-0.4, -0.2) is 48.1 Å². The summed E-state index contributed by atoms with van der Waals surface area (Å²) in [5.74, 6) is -0.441. The molecule has 6 atom stereocenters. The van der Waals surface area contributed by atoms with Crippen LogP contribution >= 0.6 is 15.9 Å². The molecule has 4 aliphatic carbocycles. The highest BCUT2D eigenvalue weighted by molar-refractivity contribution is 9.10. The zero-order valence-corrected chi connectivity index (χ0v) is 12.4. The molecule has 2 aliphatic heterocycles. The maximum absolute atomic E-state index is 12.8. The summed E-state index contributed by atoms with van der Waals surface area (Å²) in [5, 5.41) is 0. The number of ether oxygens (including phenoxy) is 4. The molecular formula is C14H15BrO5. The van der Waals surface area contributed by atoms with E-state index >= 15 is 0 Å². The van der Waals surface area contributed by atoms with Gasteiger partial charge in [-0.15, -0.1) is 0 Å². The van der Waals surface area contributed by atoms with Gasteiger partial charge in [-0.3, -0.25) is 4.79 Å². The zero-order chi connectivity index (χ0) is 13.3. The van der Waals surface area contributed by atoms with Crippen molar-refractivity contribution < 1.29 is 23.7 Å². The van der Waals surface area contributed by atoms with Crippen molar-refractivity contribution in [3.05, 3.63) is 0 Å². The largest absolute Gasteiger partial charge is 0.346 e. The molecule has 2 heterocycles. The number of carbonyl (C=O) groups excluding carboxylic acids is 1. The van der Waals surface area contributed by atoms with Crippen LogP contribution in [-0.2, 0) is 23.7 Å². The lowest BCUT2D eigenvalue weighted by Gasteiger charge is -2.54. The minimum atomic E-state index is -0.997. The minimum absolute atomic E-state index is 0.0703. The molecular weight excluding hydrogens is 328 g/mol. The Balaban J connectivity index is 1.57. The van der Waals surface area contributed by atoms with E-state index in [0.717, 1.165) is 6.42 Å². The predicted molar refractivity (Wildman–Crippen MR) is 68.0 cm³/mol. The van der Waals surface area contributed by atoms with Gasteiger partial charge < -0.3 is 18.9 Å². The third-order valence-corrected chi connectivity index (χ3v) is 8.38. The Labute approximate surface area is 124 Å². The van der Waals surface area contributed by atoms with Crippen LogP contribution in [0.25, 0.3) is 0 Å². The van der Waals surface area contributed by atoms with Crippen molar-refractivity contribution in [2.45, 2.75) is 22.3 Å². The molecule has 6 rings (SSSR count). The van der Waals surface area contributed by atoms with E-state index in [1.54, 1.807) is 0 Å². The summed E-state index contributed by atoms with van der Waals surface area (Å²) in [6, 6.07) is 0. The average molecular weight is 343 g/mol. The van der Waals surface area contributed by atoms with E-state index < -0.39 is 11.6 Å². The molecule has 0 unspecified atom stereocenters. The number of fused-ring (bicyclic) bond motifs is 3. The van der Waals surface area contributed by atoms with Gasteiger partial charge in [0, 0.05) is 17.8 Å². The van der Waals surface area contributed by atoms with E-state index in [9.17, 15) is 4.79 Å². The summed E-state index contributed by atoms with van der Waals surface area (Å²) in [6.45, 7) is 2.32. The van der Waals surface area contributed by atoms with Crippen molar-refractivity contribution >= 4 is 21.7 Å². The summed E-state index contributed by atoms with van der Waals surface area (Å²) in [4.78, 5) is 12.8. The second kappa shape index (κ2) is 3.04. The maximum Gasteiger partial charge on any atom is 0.233 e. The molecule has 2 bridgehead atoms. The number of alkyl halides is 1. The van der Waals surface area contributed by atoms with E-state index in [-0.39, 0.29) is 33.8 Å². The fourth-order valence-corrected chi connectivity index (χ4v) is 7.98. The summed E-state index contributed by atoms with van der Waals surface area (Å²) in [6.07, 6.45) is 0.983. The fourth-order valence-electron chi connectivity index (χ4n) is 6.41.